The number of hydrogen-bond donors (Lipinski definition) is 1. The van der Waals surface area contributed by atoms with Crippen LogP contribution in [-0.2, 0) is 4.74 Å². The molecule has 3 nitrogen and oxygen atoms in total. The first-order valence-electron chi connectivity index (χ1n) is 6.56. The molecule has 0 spiro atoms. The summed E-state index contributed by atoms with van der Waals surface area (Å²) in [6, 6.07) is 6.53. The molecule has 0 aromatic heterocycles. The van der Waals surface area contributed by atoms with Gasteiger partial charge in [-0.3, -0.25) is 0 Å². The van der Waals surface area contributed by atoms with Gasteiger partial charge in [0.1, 0.15) is 5.82 Å². The molecule has 1 fully saturated rings. The Morgan fingerprint density at radius 2 is 2.21 bits per heavy atom. The van der Waals surface area contributed by atoms with Crippen LogP contribution in [0.2, 0.25) is 0 Å². The third-order valence-electron chi connectivity index (χ3n) is 3.91. The van der Waals surface area contributed by atoms with Crippen LogP contribution in [0.1, 0.15) is 32.8 Å². The van der Waals surface area contributed by atoms with Crippen LogP contribution in [0.3, 0.4) is 0 Å². The van der Waals surface area contributed by atoms with Crippen molar-refractivity contribution in [1.29, 1.82) is 5.26 Å². The van der Waals surface area contributed by atoms with Gasteiger partial charge in [-0.25, -0.2) is 4.39 Å². The number of rotatable bonds is 4. The van der Waals surface area contributed by atoms with Crippen molar-refractivity contribution in [2.24, 2.45) is 5.41 Å². The first kappa shape index (κ1) is 13.8. The molecule has 1 aliphatic carbocycles. The topological polar surface area (TPSA) is 45.0 Å². The van der Waals surface area contributed by atoms with Crippen LogP contribution in [-0.4, -0.2) is 18.8 Å². The lowest BCUT2D eigenvalue weighted by atomic mass is 9.64. The molecule has 1 saturated carbocycles. The second-order valence-electron chi connectivity index (χ2n) is 5.54. The van der Waals surface area contributed by atoms with Crippen LogP contribution in [0.4, 0.5) is 10.1 Å². The largest absolute Gasteiger partial charge is 0.381 e. The number of nitrogens with zero attached hydrogens (tertiary/aromatic N) is 1. The molecule has 0 amide bonds. The number of nitrogens with one attached hydrogen (secondary N) is 1. The van der Waals surface area contributed by atoms with Crippen LogP contribution in [0.15, 0.2) is 18.2 Å². The van der Waals surface area contributed by atoms with Crippen molar-refractivity contribution in [1.82, 2.24) is 0 Å². The predicted molar refractivity (Wildman–Crippen MR) is 72.3 cm³/mol. The highest BCUT2D eigenvalue weighted by molar-refractivity contribution is 5.51. The van der Waals surface area contributed by atoms with Crippen molar-refractivity contribution in [2.75, 3.05) is 11.9 Å². The normalized spacial score (nSPS) is 24.4. The van der Waals surface area contributed by atoms with Gasteiger partial charge in [0.25, 0.3) is 0 Å². The first-order valence-corrected chi connectivity index (χ1v) is 6.56. The Balaban J connectivity index is 2.07. The SMILES string of the molecule is CCOC1CC(Nc2cc(F)cc(C#N)c2)C1(C)C. The van der Waals surface area contributed by atoms with Crippen LogP contribution < -0.4 is 5.32 Å². The van der Waals surface area contributed by atoms with E-state index in [2.05, 4.69) is 19.2 Å². The van der Waals surface area contributed by atoms with Gasteiger partial charge in [-0.15, -0.1) is 0 Å². The fourth-order valence-electron chi connectivity index (χ4n) is 2.55. The molecule has 0 aliphatic heterocycles. The van der Waals surface area contributed by atoms with Gasteiger partial charge in [0.2, 0.25) is 0 Å². The Bertz CT molecular complexity index is 507. The number of hydrogen-bond acceptors (Lipinski definition) is 3. The highest BCUT2D eigenvalue weighted by atomic mass is 19.1. The Morgan fingerprint density at radius 3 is 2.79 bits per heavy atom. The molecule has 2 atom stereocenters. The lowest BCUT2D eigenvalue weighted by Crippen LogP contribution is -2.58. The van der Waals surface area contributed by atoms with Gasteiger partial charge < -0.3 is 10.1 Å². The zero-order valence-electron chi connectivity index (χ0n) is 11.5. The number of halogens is 1. The molecule has 0 heterocycles. The molecule has 2 unspecified atom stereocenters. The Morgan fingerprint density at radius 1 is 1.47 bits per heavy atom. The standard InChI is InChI=1S/C15H19FN2O/c1-4-19-14-8-13(15(14,2)3)18-12-6-10(9-17)5-11(16)7-12/h5-7,13-14,18H,4,8H2,1-3H3. The van der Waals surface area contributed by atoms with Gasteiger partial charge in [-0.2, -0.15) is 5.26 Å². The number of ether oxygens (including phenoxy) is 1. The summed E-state index contributed by atoms with van der Waals surface area (Å²) < 4.78 is 19.0. The van der Waals surface area contributed by atoms with Crippen molar-refractivity contribution in [3.8, 4) is 6.07 Å². The minimum atomic E-state index is -0.389. The van der Waals surface area contributed by atoms with E-state index in [1.807, 2.05) is 13.0 Å². The molecule has 102 valence electrons. The van der Waals surface area contributed by atoms with Crippen LogP contribution in [0, 0.1) is 22.6 Å². The summed E-state index contributed by atoms with van der Waals surface area (Å²) in [6.07, 6.45) is 1.14. The summed E-state index contributed by atoms with van der Waals surface area (Å²) in [5.74, 6) is -0.389. The van der Waals surface area contributed by atoms with Crippen molar-refractivity contribution in [3.63, 3.8) is 0 Å². The van der Waals surface area contributed by atoms with Gasteiger partial charge in [-0.05, 0) is 31.5 Å². The predicted octanol–water partition coefficient (Wildman–Crippen LogP) is 3.31. The molecular formula is C15H19FN2O. The highest BCUT2D eigenvalue weighted by Crippen LogP contribution is 2.44. The third kappa shape index (κ3) is 2.71. The van der Waals surface area contributed by atoms with Crippen molar-refractivity contribution in [3.05, 3.63) is 29.6 Å². The number of benzene rings is 1. The van der Waals surface area contributed by atoms with Crippen molar-refractivity contribution in [2.45, 2.75) is 39.3 Å². The average molecular weight is 262 g/mol. The first-order chi connectivity index (χ1) is 8.97. The van der Waals surface area contributed by atoms with E-state index in [0.717, 1.165) is 6.42 Å². The smallest absolute Gasteiger partial charge is 0.126 e. The zero-order chi connectivity index (χ0) is 14.0. The van der Waals surface area contributed by atoms with Gasteiger partial charge >= 0.3 is 0 Å². The van der Waals surface area contributed by atoms with Gasteiger partial charge in [0, 0.05) is 23.8 Å². The molecule has 1 aromatic rings. The van der Waals surface area contributed by atoms with E-state index >= 15 is 0 Å². The number of nitriles is 1. The molecule has 1 aromatic carbocycles. The van der Waals surface area contributed by atoms with Crippen LogP contribution >= 0.6 is 0 Å². The van der Waals surface area contributed by atoms with Crippen molar-refractivity contribution >= 4 is 5.69 Å². The zero-order valence-corrected chi connectivity index (χ0v) is 11.5. The maximum atomic E-state index is 13.4. The Labute approximate surface area is 113 Å². The summed E-state index contributed by atoms with van der Waals surface area (Å²) in [7, 11) is 0. The minimum Gasteiger partial charge on any atom is -0.381 e. The highest BCUT2D eigenvalue weighted by Gasteiger charge is 2.48. The molecule has 1 aliphatic rings. The van der Waals surface area contributed by atoms with Gasteiger partial charge in [0.05, 0.1) is 17.7 Å². The lowest BCUT2D eigenvalue weighted by Gasteiger charge is -2.52. The molecule has 0 bridgehead atoms. The Hall–Kier alpha value is -1.60. The third-order valence-corrected chi connectivity index (χ3v) is 3.91. The van der Waals surface area contributed by atoms with Crippen LogP contribution in [0.5, 0.6) is 0 Å². The van der Waals surface area contributed by atoms with E-state index in [4.69, 9.17) is 10.00 Å². The van der Waals surface area contributed by atoms with E-state index in [0.29, 0.717) is 17.9 Å². The molecule has 4 heteroatoms. The summed E-state index contributed by atoms with van der Waals surface area (Å²) in [6.45, 7) is 6.97. The lowest BCUT2D eigenvalue weighted by molar-refractivity contribution is -0.0976. The maximum Gasteiger partial charge on any atom is 0.126 e. The van der Waals surface area contributed by atoms with E-state index in [-0.39, 0.29) is 23.4 Å². The molecule has 1 N–H and O–H groups in total. The van der Waals surface area contributed by atoms with E-state index in [1.54, 1.807) is 6.07 Å². The summed E-state index contributed by atoms with van der Waals surface area (Å²) >= 11 is 0. The quantitative estimate of drug-likeness (QED) is 0.905. The van der Waals surface area contributed by atoms with Gasteiger partial charge in [-0.1, -0.05) is 13.8 Å². The van der Waals surface area contributed by atoms with Crippen LogP contribution in [0.25, 0.3) is 0 Å². The Kier molecular flexibility index (Phi) is 3.77. The molecular weight excluding hydrogens is 243 g/mol. The summed E-state index contributed by atoms with van der Waals surface area (Å²) in [4.78, 5) is 0. The summed E-state index contributed by atoms with van der Waals surface area (Å²) in [5, 5.41) is 12.1. The maximum absolute atomic E-state index is 13.4. The van der Waals surface area contributed by atoms with Crippen molar-refractivity contribution < 1.29 is 9.13 Å². The fraction of sp³-hybridized carbons (Fsp3) is 0.533. The van der Waals surface area contributed by atoms with E-state index in [1.165, 1.54) is 12.1 Å². The second kappa shape index (κ2) is 5.18. The number of anilines is 1. The average Bonchev–Trinajstić information content (AvgIpc) is 2.37. The fourth-order valence-corrected chi connectivity index (χ4v) is 2.55. The van der Waals surface area contributed by atoms with E-state index in [9.17, 15) is 4.39 Å². The summed E-state index contributed by atoms with van der Waals surface area (Å²) in [5.41, 5.74) is 1.00. The second-order valence-corrected chi connectivity index (χ2v) is 5.54. The minimum absolute atomic E-state index is 0.00906. The van der Waals surface area contributed by atoms with E-state index < -0.39 is 0 Å². The molecule has 0 radical (unpaired) electrons. The molecule has 2 rings (SSSR count). The van der Waals surface area contributed by atoms with Gasteiger partial charge in [0.15, 0.2) is 0 Å². The molecule has 19 heavy (non-hydrogen) atoms. The monoisotopic (exact) mass is 262 g/mol. The molecule has 0 saturated heterocycles.